The molecule has 0 aliphatic heterocycles. The SMILES string of the molecule is CNCCNS(=O)(=O)c1c(Cl)cc(Br)cc1Cl.Cl. The molecule has 0 aliphatic carbocycles. The summed E-state index contributed by atoms with van der Waals surface area (Å²) in [4.78, 5) is -0.0971. The lowest BCUT2D eigenvalue weighted by atomic mass is 10.4. The summed E-state index contributed by atoms with van der Waals surface area (Å²) in [6.45, 7) is 0.784. The second kappa shape index (κ2) is 7.89. The Morgan fingerprint density at radius 2 is 1.72 bits per heavy atom. The molecular formula is C9H12BrCl3N2O2S. The number of halogens is 4. The first-order valence-corrected chi connectivity index (χ1v) is 7.70. The maximum Gasteiger partial charge on any atom is 0.243 e. The van der Waals surface area contributed by atoms with E-state index in [2.05, 4.69) is 26.0 Å². The fraction of sp³-hybridized carbons (Fsp3) is 0.333. The monoisotopic (exact) mass is 396 g/mol. The summed E-state index contributed by atoms with van der Waals surface area (Å²) in [5.41, 5.74) is 0. The second-order valence-corrected chi connectivity index (χ2v) is 6.63. The summed E-state index contributed by atoms with van der Waals surface area (Å²) in [6.07, 6.45) is 0. The van der Waals surface area contributed by atoms with Gasteiger partial charge in [0.25, 0.3) is 0 Å². The standard InChI is InChI=1S/C9H11BrCl2N2O2S.ClH/c1-13-2-3-14-17(15,16)9-7(11)4-6(10)5-8(9)12;/h4-5,13-14H,2-3H2,1H3;1H. The highest BCUT2D eigenvalue weighted by atomic mass is 79.9. The Hall–Kier alpha value is 0.440. The molecule has 0 fully saturated rings. The molecule has 0 amide bonds. The van der Waals surface area contributed by atoms with Gasteiger partial charge in [-0.25, -0.2) is 13.1 Å². The van der Waals surface area contributed by atoms with Crippen molar-refractivity contribution in [2.24, 2.45) is 0 Å². The maximum atomic E-state index is 11.9. The van der Waals surface area contributed by atoms with Gasteiger partial charge in [0.2, 0.25) is 10.0 Å². The Morgan fingerprint density at radius 3 is 2.17 bits per heavy atom. The van der Waals surface area contributed by atoms with Crippen molar-refractivity contribution >= 4 is 61.6 Å². The number of nitrogens with one attached hydrogen (secondary N) is 2. The number of benzene rings is 1. The van der Waals surface area contributed by atoms with E-state index in [4.69, 9.17) is 23.2 Å². The quantitative estimate of drug-likeness (QED) is 0.750. The predicted octanol–water partition coefficient (Wildman–Crippen LogP) is 2.68. The van der Waals surface area contributed by atoms with Crippen molar-refractivity contribution in [3.05, 3.63) is 26.7 Å². The van der Waals surface area contributed by atoms with Crippen LogP contribution in [0.4, 0.5) is 0 Å². The molecular weight excluding hydrogens is 386 g/mol. The Bertz CT molecular complexity index is 488. The van der Waals surface area contributed by atoms with Crippen LogP contribution in [0.5, 0.6) is 0 Å². The maximum absolute atomic E-state index is 11.9. The van der Waals surface area contributed by atoms with Gasteiger partial charge in [-0.2, -0.15) is 0 Å². The summed E-state index contributed by atoms with van der Waals surface area (Å²) in [6, 6.07) is 2.97. The number of hydrogen-bond donors (Lipinski definition) is 2. The Balaban J connectivity index is 0.00000289. The van der Waals surface area contributed by atoms with Crippen LogP contribution in [0.1, 0.15) is 0 Å². The highest BCUT2D eigenvalue weighted by Crippen LogP contribution is 2.32. The van der Waals surface area contributed by atoms with Crippen molar-refractivity contribution in [2.45, 2.75) is 4.90 Å². The molecule has 1 rings (SSSR count). The molecule has 9 heteroatoms. The zero-order chi connectivity index (χ0) is 13.1. The lowest BCUT2D eigenvalue weighted by Gasteiger charge is -2.10. The molecule has 0 saturated carbocycles. The Kier molecular flexibility index (Phi) is 8.08. The molecule has 0 heterocycles. The molecule has 1 aromatic rings. The molecule has 0 atom stereocenters. The molecule has 0 aliphatic rings. The topological polar surface area (TPSA) is 58.2 Å². The van der Waals surface area contributed by atoms with Gasteiger partial charge in [0, 0.05) is 17.6 Å². The summed E-state index contributed by atoms with van der Waals surface area (Å²) >= 11 is 14.9. The molecule has 0 radical (unpaired) electrons. The van der Waals surface area contributed by atoms with Crippen molar-refractivity contribution < 1.29 is 8.42 Å². The highest BCUT2D eigenvalue weighted by molar-refractivity contribution is 9.10. The van der Waals surface area contributed by atoms with Gasteiger partial charge >= 0.3 is 0 Å². The molecule has 0 spiro atoms. The molecule has 2 N–H and O–H groups in total. The van der Waals surface area contributed by atoms with Gasteiger partial charge in [-0.3, -0.25) is 0 Å². The fourth-order valence-corrected chi connectivity index (χ4v) is 4.13. The lowest BCUT2D eigenvalue weighted by molar-refractivity contribution is 0.579. The van der Waals surface area contributed by atoms with Crippen LogP contribution < -0.4 is 10.0 Å². The van der Waals surface area contributed by atoms with E-state index in [0.29, 0.717) is 11.0 Å². The lowest BCUT2D eigenvalue weighted by Crippen LogP contribution is -2.30. The van der Waals surface area contributed by atoms with Gasteiger partial charge in [-0.05, 0) is 19.2 Å². The van der Waals surface area contributed by atoms with Crippen LogP contribution >= 0.6 is 51.5 Å². The molecule has 104 valence electrons. The summed E-state index contributed by atoms with van der Waals surface area (Å²) in [5, 5.41) is 3.00. The third-order valence-electron chi connectivity index (χ3n) is 1.90. The van der Waals surface area contributed by atoms with Crippen LogP contribution in [-0.4, -0.2) is 28.6 Å². The molecule has 18 heavy (non-hydrogen) atoms. The van der Waals surface area contributed by atoms with E-state index >= 15 is 0 Å². The smallest absolute Gasteiger partial charge is 0.243 e. The van der Waals surface area contributed by atoms with Crippen molar-refractivity contribution in [3.8, 4) is 0 Å². The molecule has 4 nitrogen and oxygen atoms in total. The average Bonchev–Trinajstić information content (AvgIpc) is 2.15. The van der Waals surface area contributed by atoms with E-state index in [1.165, 1.54) is 12.1 Å². The van der Waals surface area contributed by atoms with Crippen LogP contribution in [0.3, 0.4) is 0 Å². The van der Waals surface area contributed by atoms with Crippen LogP contribution in [0, 0.1) is 0 Å². The first-order chi connectivity index (χ1) is 7.88. The zero-order valence-electron chi connectivity index (χ0n) is 9.34. The van der Waals surface area contributed by atoms with Gasteiger partial charge < -0.3 is 5.32 Å². The van der Waals surface area contributed by atoms with Gasteiger partial charge in [0.05, 0.1) is 10.0 Å². The number of sulfonamides is 1. The fourth-order valence-electron chi connectivity index (χ4n) is 1.17. The number of hydrogen-bond acceptors (Lipinski definition) is 3. The van der Waals surface area contributed by atoms with E-state index in [-0.39, 0.29) is 33.9 Å². The minimum Gasteiger partial charge on any atom is -0.318 e. The van der Waals surface area contributed by atoms with E-state index < -0.39 is 10.0 Å². The van der Waals surface area contributed by atoms with Crippen molar-refractivity contribution in [3.63, 3.8) is 0 Å². The van der Waals surface area contributed by atoms with Crippen LogP contribution in [0.2, 0.25) is 10.0 Å². The minimum absolute atomic E-state index is 0. The number of likely N-dealkylation sites (N-methyl/N-ethyl adjacent to an activating group) is 1. The van der Waals surface area contributed by atoms with E-state index in [9.17, 15) is 8.42 Å². The van der Waals surface area contributed by atoms with E-state index in [1.54, 1.807) is 7.05 Å². The highest BCUT2D eigenvalue weighted by Gasteiger charge is 2.21. The van der Waals surface area contributed by atoms with Crippen LogP contribution in [-0.2, 0) is 10.0 Å². The second-order valence-electron chi connectivity index (χ2n) is 3.20. The largest absolute Gasteiger partial charge is 0.318 e. The first-order valence-electron chi connectivity index (χ1n) is 4.67. The van der Waals surface area contributed by atoms with Gasteiger partial charge in [-0.1, -0.05) is 39.1 Å². The Labute approximate surface area is 131 Å². The van der Waals surface area contributed by atoms with Crippen LogP contribution in [0.15, 0.2) is 21.5 Å². The number of rotatable bonds is 5. The normalized spacial score (nSPS) is 11.1. The molecule has 0 unspecified atom stereocenters. The zero-order valence-corrected chi connectivity index (χ0v) is 14.1. The van der Waals surface area contributed by atoms with E-state index in [1.807, 2.05) is 0 Å². The van der Waals surface area contributed by atoms with Crippen molar-refractivity contribution in [1.82, 2.24) is 10.0 Å². The summed E-state index contributed by atoms with van der Waals surface area (Å²) in [5.74, 6) is 0. The summed E-state index contributed by atoms with van der Waals surface area (Å²) in [7, 11) is -1.96. The van der Waals surface area contributed by atoms with Crippen molar-refractivity contribution in [1.29, 1.82) is 0 Å². The third kappa shape index (κ3) is 4.85. The molecule has 0 aromatic heterocycles. The molecule has 0 bridgehead atoms. The minimum atomic E-state index is -3.69. The molecule has 1 aromatic carbocycles. The predicted molar refractivity (Wildman–Crippen MR) is 80.5 cm³/mol. The Morgan fingerprint density at radius 1 is 1.22 bits per heavy atom. The first kappa shape index (κ1) is 18.4. The summed E-state index contributed by atoms with van der Waals surface area (Å²) < 4.78 is 26.9. The van der Waals surface area contributed by atoms with Gasteiger partial charge in [0.15, 0.2) is 0 Å². The van der Waals surface area contributed by atoms with Crippen LogP contribution in [0.25, 0.3) is 0 Å². The van der Waals surface area contributed by atoms with Gasteiger partial charge in [0.1, 0.15) is 4.90 Å². The van der Waals surface area contributed by atoms with E-state index in [0.717, 1.165) is 0 Å². The van der Waals surface area contributed by atoms with Crippen molar-refractivity contribution in [2.75, 3.05) is 20.1 Å². The average molecular weight is 399 g/mol. The van der Waals surface area contributed by atoms with Gasteiger partial charge in [-0.15, -0.1) is 12.4 Å². The molecule has 0 saturated heterocycles. The third-order valence-corrected chi connectivity index (χ3v) is 4.74.